The molecule has 2 amide bonds. The highest BCUT2D eigenvalue weighted by atomic mass is 16.5. The fraction of sp³-hybridized carbons (Fsp3) is 0.633. The lowest BCUT2D eigenvalue weighted by atomic mass is 9.81. The first-order valence-electron chi connectivity index (χ1n) is 14.6. The van der Waals surface area contributed by atoms with Crippen molar-refractivity contribution >= 4 is 11.8 Å². The molecule has 3 N–H and O–H groups in total. The summed E-state index contributed by atoms with van der Waals surface area (Å²) in [6, 6.07) is 10.1. The number of amides is 2. The summed E-state index contributed by atoms with van der Waals surface area (Å²) in [6.45, 7) is 4.45. The first kappa shape index (κ1) is 27.6. The lowest BCUT2D eigenvalue weighted by molar-refractivity contribution is -0.128. The van der Waals surface area contributed by atoms with E-state index in [-0.39, 0.29) is 23.6 Å². The third kappa shape index (κ3) is 6.81. The topological polar surface area (TPSA) is 114 Å². The second-order valence-electron chi connectivity index (χ2n) is 11.6. The van der Waals surface area contributed by atoms with Crippen molar-refractivity contribution in [3.05, 3.63) is 47.3 Å². The van der Waals surface area contributed by atoms with Gasteiger partial charge in [0.15, 0.2) is 5.69 Å². The van der Waals surface area contributed by atoms with Crippen LogP contribution in [0.1, 0.15) is 73.2 Å². The van der Waals surface area contributed by atoms with Crippen molar-refractivity contribution in [2.24, 2.45) is 17.6 Å². The summed E-state index contributed by atoms with van der Waals surface area (Å²) in [5.41, 5.74) is 7.43. The van der Waals surface area contributed by atoms with Crippen LogP contribution in [0, 0.1) is 18.8 Å². The first-order valence-corrected chi connectivity index (χ1v) is 14.6. The van der Waals surface area contributed by atoms with Crippen LogP contribution in [0.2, 0.25) is 0 Å². The highest BCUT2D eigenvalue weighted by molar-refractivity contribution is 5.96. The number of aryl methyl sites for hydroxylation is 1. The summed E-state index contributed by atoms with van der Waals surface area (Å²) in [6.07, 6.45) is 8.28. The lowest BCUT2D eigenvalue weighted by Crippen LogP contribution is -2.58. The van der Waals surface area contributed by atoms with Crippen LogP contribution in [0.15, 0.2) is 34.9 Å². The number of ether oxygens (including phenoxy) is 1. The van der Waals surface area contributed by atoms with Crippen LogP contribution < -0.4 is 15.8 Å². The molecule has 3 fully saturated rings. The molecule has 9 heteroatoms. The van der Waals surface area contributed by atoms with Gasteiger partial charge in [0.2, 0.25) is 5.91 Å². The molecule has 0 spiro atoms. The second-order valence-corrected chi connectivity index (χ2v) is 11.6. The van der Waals surface area contributed by atoms with E-state index in [4.69, 9.17) is 15.0 Å². The molecule has 4 atom stereocenters. The van der Waals surface area contributed by atoms with Crippen LogP contribution in [0.25, 0.3) is 0 Å². The third-order valence-electron chi connectivity index (χ3n) is 8.78. The number of carbonyl (C=O) groups excluding carboxylic acids is 2. The van der Waals surface area contributed by atoms with Crippen LogP contribution in [0.4, 0.5) is 0 Å². The maximum atomic E-state index is 13.7. The van der Waals surface area contributed by atoms with Crippen LogP contribution in [0.3, 0.4) is 0 Å². The molecule has 2 aliphatic carbocycles. The van der Waals surface area contributed by atoms with Gasteiger partial charge in [-0.1, -0.05) is 23.7 Å². The number of piperidine rings is 1. The number of benzene rings is 1. The van der Waals surface area contributed by atoms with Gasteiger partial charge in [0.25, 0.3) is 5.91 Å². The molecule has 9 nitrogen and oxygen atoms in total. The summed E-state index contributed by atoms with van der Waals surface area (Å²) in [7, 11) is 1.68. The Labute approximate surface area is 231 Å². The molecule has 0 bridgehead atoms. The van der Waals surface area contributed by atoms with Crippen LogP contribution in [0.5, 0.6) is 5.75 Å². The van der Waals surface area contributed by atoms with Gasteiger partial charge in [-0.3, -0.25) is 14.5 Å². The molecular weight excluding hydrogens is 494 g/mol. The van der Waals surface area contributed by atoms with Gasteiger partial charge in [0, 0.05) is 37.8 Å². The van der Waals surface area contributed by atoms with Crippen molar-refractivity contribution in [2.75, 3.05) is 26.7 Å². The van der Waals surface area contributed by atoms with Crippen molar-refractivity contribution in [1.82, 2.24) is 20.3 Å². The SMILES string of the molecule is COc1ccc(CN(C2CC2)C2CCN(C(=O)c3cc(C)on3)[C@@H](C(=O)NCC3CCCC(CN)C3)C2)cc1. The van der Waals surface area contributed by atoms with Gasteiger partial charge in [-0.25, -0.2) is 0 Å². The van der Waals surface area contributed by atoms with Gasteiger partial charge in [-0.2, -0.15) is 0 Å². The molecule has 1 saturated heterocycles. The Balaban J connectivity index is 1.30. The molecule has 39 heavy (non-hydrogen) atoms. The van der Waals surface area contributed by atoms with Crippen molar-refractivity contribution in [3.63, 3.8) is 0 Å². The zero-order valence-corrected chi connectivity index (χ0v) is 23.3. The predicted molar refractivity (Wildman–Crippen MR) is 148 cm³/mol. The number of rotatable bonds is 10. The molecule has 3 unspecified atom stereocenters. The zero-order chi connectivity index (χ0) is 27.4. The molecule has 0 radical (unpaired) electrons. The molecule has 212 valence electrons. The highest BCUT2D eigenvalue weighted by Crippen LogP contribution is 2.35. The minimum atomic E-state index is -0.542. The summed E-state index contributed by atoms with van der Waals surface area (Å²) in [5, 5.41) is 7.18. The normalized spacial score (nSPS) is 25.5. The minimum absolute atomic E-state index is 0.0664. The van der Waals surface area contributed by atoms with Gasteiger partial charge < -0.3 is 25.2 Å². The first-order chi connectivity index (χ1) is 18.9. The number of hydrogen-bond donors (Lipinski definition) is 2. The number of aromatic nitrogens is 1. The molecule has 1 aliphatic heterocycles. The predicted octanol–water partition coefficient (Wildman–Crippen LogP) is 3.51. The summed E-state index contributed by atoms with van der Waals surface area (Å²) in [4.78, 5) is 31.5. The number of nitrogens with zero attached hydrogens (tertiary/aromatic N) is 3. The molecule has 2 saturated carbocycles. The Morgan fingerprint density at radius 3 is 2.54 bits per heavy atom. The molecule has 3 aliphatic rings. The maximum absolute atomic E-state index is 13.7. The van der Waals surface area contributed by atoms with E-state index in [1.54, 1.807) is 25.0 Å². The van der Waals surface area contributed by atoms with E-state index in [2.05, 4.69) is 27.5 Å². The number of carbonyl (C=O) groups is 2. The minimum Gasteiger partial charge on any atom is -0.497 e. The van der Waals surface area contributed by atoms with E-state index in [1.165, 1.54) is 24.8 Å². The van der Waals surface area contributed by atoms with E-state index >= 15 is 0 Å². The average molecular weight is 538 g/mol. The Bertz CT molecular complexity index is 1110. The van der Waals surface area contributed by atoms with Crippen LogP contribution in [-0.2, 0) is 11.3 Å². The van der Waals surface area contributed by atoms with E-state index in [0.717, 1.165) is 38.0 Å². The van der Waals surface area contributed by atoms with Crippen LogP contribution in [-0.4, -0.2) is 71.6 Å². The number of likely N-dealkylation sites (tertiary alicyclic amines) is 1. The number of methoxy groups -OCH3 is 1. The van der Waals surface area contributed by atoms with Gasteiger partial charge in [-0.15, -0.1) is 0 Å². The van der Waals surface area contributed by atoms with E-state index in [1.807, 2.05) is 12.1 Å². The zero-order valence-electron chi connectivity index (χ0n) is 23.3. The second kappa shape index (κ2) is 12.5. The monoisotopic (exact) mass is 537 g/mol. The Morgan fingerprint density at radius 1 is 1.10 bits per heavy atom. The van der Waals surface area contributed by atoms with Gasteiger partial charge in [-0.05, 0) is 87.9 Å². The highest BCUT2D eigenvalue weighted by Gasteiger charge is 2.42. The van der Waals surface area contributed by atoms with Crippen molar-refractivity contribution in [1.29, 1.82) is 0 Å². The van der Waals surface area contributed by atoms with Gasteiger partial charge in [0.05, 0.1) is 7.11 Å². The molecule has 1 aromatic carbocycles. The van der Waals surface area contributed by atoms with E-state index in [0.29, 0.717) is 49.7 Å². The van der Waals surface area contributed by atoms with Gasteiger partial charge >= 0.3 is 0 Å². The Kier molecular flexibility index (Phi) is 8.87. The van der Waals surface area contributed by atoms with Crippen molar-refractivity contribution < 1.29 is 18.8 Å². The largest absolute Gasteiger partial charge is 0.497 e. The molecule has 5 rings (SSSR count). The van der Waals surface area contributed by atoms with Crippen molar-refractivity contribution in [2.45, 2.75) is 83.0 Å². The standard InChI is InChI=1S/C30H43N5O4/c1-20-14-27(33-39-20)30(37)34-13-12-25(35(24-8-9-24)19-21-6-10-26(38-2)11-7-21)16-28(34)29(36)32-18-23-5-3-4-22(15-23)17-31/h6-7,10-11,14,22-25,28H,3-5,8-9,12-13,15-19,31H2,1-2H3,(H,32,36)/t22?,23?,25?,28-/m1/s1. The smallest absolute Gasteiger partial charge is 0.276 e. The average Bonchev–Trinajstić information content (AvgIpc) is 3.73. The number of nitrogens with two attached hydrogens (primary N) is 1. The summed E-state index contributed by atoms with van der Waals surface area (Å²) >= 11 is 0. The Morgan fingerprint density at radius 2 is 1.87 bits per heavy atom. The van der Waals surface area contributed by atoms with Crippen LogP contribution >= 0.6 is 0 Å². The van der Waals surface area contributed by atoms with Crippen molar-refractivity contribution in [3.8, 4) is 5.75 Å². The molecule has 2 aromatic rings. The van der Waals surface area contributed by atoms with Gasteiger partial charge in [0.1, 0.15) is 17.6 Å². The lowest BCUT2D eigenvalue weighted by Gasteiger charge is -2.43. The quantitative estimate of drug-likeness (QED) is 0.477. The molecular formula is C30H43N5O4. The maximum Gasteiger partial charge on any atom is 0.276 e. The summed E-state index contributed by atoms with van der Waals surface area (Å²) < 4.78 is 10.5. The summed E-state index contributed by atoms with van der Waals surface area (Å²) in [5.74, 6) is 2.11. The number of nitrogens with one attached hydrogen (secondary N) is 1. The van der Waals surface area contributed by atoms with E-state index < -0.39 is 6.04 Å². The third-order valence-corrected chi connectivity index (χ3v) is 8.78. The van der Waals surface area contributed by atoms with E-state index in [9.17, 15) is 9.59 Å². The fourth-order valence-electron chi connectivity index (χ4n) is 6.42. The fourth-order valence-corrected chi connectivity index (χ4v) is 6.42. The Hall–Kier alpha value is -2.91. The number of hydrogen-bond acceptors (Lipinski definition) is 7. The molecule has 2 heterocycles. The molecule has 1 aromatic heterocycles.